The van der Waals surface area contributed by atoms with Crippen LogP contribution in [0.5, 0.6) is 0 Å². The third-order valence-corrected chi connectivity index (χ3v) is 6.88. The van der Waals surface area contributed by atoms with Crippen molar-refractivity contribution < 1.29 is 61.8 Å². The Morgan fingerprint density at radius 3 is 1.20 bits per heavy atom. The molecule has 0 fully saturated rings. The van der Waals surface area contributed by atoms with Crippen LogP contribution in [-0.2, 0) is 42.6 Å². The fourth-order valence-electron chi connectivity index (χ4n) is 3.59. The fourth-order valence-corrected chi connectivity index (χ4v) is 3.59. The predicted molar refractivity (Wildman–Crippen MR) is 149 cm³/mol. The summed E-state index contributed by atoms with van der Waals surface area (Å²) in [5.74, 6) is 1.48. The molecular weight excluding hydrogens is 753 g/mol. The molecule has 2 aromatic rings. The zero-order chi connectivity index (χ0) is 32.7. The first-order valence-corrected chi connectivity index (χ1v) is 15.1. The van der Waals surface area contributed by atoms with E-state index in [9.17, 15) is 26.3 Å². The number of nitrogens with zero attached hydrogens (tertiary/aromatic N) is 2. The van der Waals surface area contributed by atoms with Crippen molar-refractivity contribution in [2.45, 2.75) is 49.8 Å². The second-order valence-corrected chi connectivity index (χ2v) is 12.5. The van der Waals surface area contributed by atoms with E-state index in [0.717, 1.165) is 24.6 Å². The normalized spacial score (nSPS) is 18.6. The van der Waals surface area contributed by atoms with Crippen LogP contribution in [0.25, 0.3) is 0 Å². The van der Waals surface area contributed by atoms with E-state index in [-0.39, 0.29) is 36.0 Å². The third kappa shape index (κ3) is 12.2. The molecule has 244 valence electrons. The average Bonchev–Trinajstić information content (AvgIpc) is 3.54. The van der Waals surface area contributed by atoms with Gasteiger partial charge < -0.3 is 9.47 Å². The summed E-state index contributed by atoms with van der Waals surface area (Å²) in [6.07, 6.45) is 1.79. The minimum Gasteiger partial charge on any atom is -0.478 e. The fraction of sp³-hybridized carbons (Fsp3) is 0.440. The Labute approximate surface area is 267 Å². The molecule has 44 heavy (non-hydrogen) atoms. The van der Waals surface area contributed by atoms with Gasteiger partial charge in [0.05, 0.1) is 12.1 Å². The number of rotatable bonds is 6. The number of halogens is 6. The van der Waals surface area contributed by atoms with Crippen molar-refractivity contribution in [1.82, 2.24) is 0 Å². The number of hydrogen-bond acceptors (Lipinski definition) is 8. The Kier molecular flexibility index (Phi) is 14.2. The molecule has 0 aliphatic carbocycles. The van der Waals surface area contributed by atoms with Gasteiger partial charge in [0.1, 0.15) is 18.6 Å². The third-order valence-electron chi connectivity index (χ3n) is 5.71. The Morgan fingerprint density at radius 2 is 0.955 bits per heavy atom. The molecule has 2 aliphatic rings. The van der Waals surface area contributed by atoms with E-state index >= 15 is 0 Å². The van der Waals surface area contributed by atoms with Crippen molar-refractivity contribution in [1.29, 1.82) is 0 Å². The summed E-state index contributed by atoms with van der Waals surface area (Å²) in [5, 5.41) is 0. The maximum atomic E-state index is 10.7. The van der Waals surface area contributed by atoms with Gasteiger partial charge in [0.2, 0.25) is 0 Å². The standard InChI is InChI=1S/C23H26N2O2.2CHF3O3S.Sn/c1-23(2,21-24-19(15-26-21)13-17-9-5-3-6-10-17)22-25-20(16-27-22)14-18-11-7-4-8-12-18;2*2-1(3,4)8(5,6)7;/h3-12,19-20H,13-16H2,1-2H3;2*(H,5,6,7);/t19-,20-;;;/m0.../s1. The molecule has 0 spiro atoms. The quantitative estimate of drug-likeness (QED) is 0.188. The Morgan fingerprint density at radius 1 is 0.682 bits per heavy atom. The average molecular weight is 781 g/mol. The smallest absolute Gasteiger partial charge is 0.478 e. The summed E-state index contributed by atoms with van der Waals surface area (Å²) in [7, 11) is -11.7. The SMILES string of the molecule is CC(C)(C1=N[C@@H](Cc2ccccc2)CO1)C1=N[C@@H](Cc2ccccc2)CO1.O=S(=O)(O)C(F)(F)F.O=S(=O)(O)C(F)(F)F.[Sn]. The molecule has 4 radical (unpaired) electrons. The number of benzene rings is 2. The summed E-state index contributed by atoms with van der Waals surface area (Å²) in [4.78, 5) is 9.68. The Hall–Kier alpha value is -2.42. The van der Waals surface area contributed by atoms with Crippen LogP contribution in [0.1, 0.15) is 25.0 Å². The van der Waals surface area contributed by atoms with Crippen LogP contribution < -0.4 is 0 Å². The van der Waals surface area contributed by atoms with Crippen molar-refractivity contribution in [2.24, 2.45) is 15.4 Å². The van der Waals surface area contributed by atoms with E-state index in [1.165, 1.54) is 11.1 Å². The first-order chi connectivity index (χ1) is 19.6. The Balaban J connectivity index is 0.000000474. The number of hydrogen-bond donors (Lipinski definition) is 2. The topological polar surface area (TPSA) is 152 Å². The number of ether oxygens (including phenoxy) is 2. The van der Waals surface area contributed by atoms with E-state index in [1.54, 1.807) is 0 Å². The van der Waals surface area contributed by atoms with Gasteiger partial charge in [-0.1, -0.05) is 60.7 Å². The van der Waals surface area contributed by atoms with Crippen LogP contribution >= 0.6 is 0 Å². The monoisotopic (exact) mass is 782 g/mol. The zero-order valence-corrected chi connectivity index (χ0v) is 27.6. The van der Waals surface area contributed by atoms with E-state index in [2.05, 4.69) is 62.4 Å². The van der Waals surface area contributed by atoms with Crippen molar-refractivity contribution in [3.05, 3.63) is 71.8 Å². The second-order valence-electron chi connectivity index (χ2n) is 9.64. The van der Waals surface area contributed by atoms with Crippen LogP contribution in [0, 0.1) is 5.41 Å². The molecular formula is C25H28F6N2O8S2Sn. The number of alkyl halides is 6. The molecule has 0 saturated carbocycles. The maximum absolute atomic E-state index is 10.7. The molecule has 0 unspecified atom stereocenters. The van der Waals surface area contributed by atoms with Crippen molar-refractivity contribution in [2.75, 3.05) is 13.2 Å². The van der Waals surface area contributed by atoms with E-state index in [1.807, 2.05) is 12.1 Å². The van der Waals surface area contributed by atoms with E-state index in [4.69, 9.17) is 45.4 Å². The van der Waals surface area contributed by atoms with Gasteiger partial charge in [0.15, 0.2) is 11.8 Å². The Bertz CT molecular complexity index is 1370. The summed E-state index contributed by atoms with van der Waals surface area (Å²) >= 11 is 0. The van der Waals surface area contributed by atoms with Crippen molar-refractivity contribution in [3.8, 4) is 0 Å². The minimum absolute atomic E-state index is 0. The van der Waals surface area contributed by atoms with Gasteiger partial charge in [0, 0.05) is 23.9 Å². The van der Waals surface area contributed by atoms with Crippen molar-refractivity contribution >= 4 is 55.9 Å². The maximum Gasteiger partial charge on any atom is 0.522 e. The largest absolute Gasteiger partial charge is 0.522 e. The summed E-state index contributed by atoms with van der Waals surface area (Å²) in [6.45, 7) is 5.41. The molecule has 10 nitrogen and oxygen atoms in total. The van der Waals surface area contributed by atoms with E-state index < -0.39 is 36.7 Å². The van der Waals surface area contributed by atoms with Crippen LogP contribution in [0.4, 0.5) is 26.3 Å². The van der Waals surface area contributed by atoms with Gasteiger partial charge in [-0.2, -0.15) is 43.2 Å². The predicted octanol–water partition coefficient (Wildman–Crippen LogP) is 4.50. The van der Waals surface area contributed by atoms with Gasteiger partial charge in [-0.15, -0.1) is 0 Å². The van der Waals surface area contributed by atoms with Crippen LogP contribution in [0.3, 0.4) is 0 Å². The molecule has 0 bridgehead atoms. The van der Waals surface area contributed by atoms with Gasteiger partial charge >= 0.3 is 31.3 Å². The van der Waals surface area contributed by atoms with Gasteiger partial charge in [-0.05, 0) is 37.8 Å². The molecule has 19 heteroatoms. The summed E-state index contributed by atoms with van der Waals surface area (Å²) < 4.78 is 127. The molecule has 0 saturated heterocycles. The molecule has 2 aliphatic heterocycles. The van der Waals surface area contributed by atoms with Crippen LogP contribution in [0.2, 0.25) is 0 Å². The number of aliphatic imine (C=N–C) groups is 2. The summed E-state index contributed by atoms with van der Waals surface area (Å²) in [5.41, 5.74) is -8.94. The van der Waals surface area contributed by atoms with Crippen LogP contribution in [-0.4, -0.2) is 98.0 Å². The second kappa shape index (κ2) is 15.7. The first kappa shape index (κ1) is 39.6. The molecule has 0 amide bonds. The van der Waals surface area contributed by atoms with E-state index in [0.29, 0.717) is 13.2 Å². The van der Waals surface area contributed by atoms with Gasteiger partial charge in [-0.3, -0.25) is 9.11 Å². The molecule has 2 N–H and O–H groups in total. The minimum atomic E-state index is -5.84. The molecule has 2 heterocycles. The van der Waals surface area contributed by atoms with Crippen molar-refractivity contribution in [3.63, 3.8) is 0 Å². The summed E-state index contributed by atoms with van der Waals surface area (Å²) in [6, 6.07) is 21.2. The first-order valence-electron chi connectivity index (χ1n) is 12.2. The molecule has 0 aromatic heterocycles. The molecule has 4 rings (SSSR count). The molecule has 2 aromatic carbocycles. The molecule has 2 atom stereocenters. The van der Waals surface area contributed by atoms with Gasteiger partial charge in [-0.25, -0.2) is 9.98 Å². The van der Waals surface area contributed by atoms with Crippen LogP contribution in [0.15, 0.2) is 70.6 Å². The van der Waals surface area contributed by atoms with Gasteiger partial charge in [0.25, 0.3) is 0 Å². The zero-order valence-electron chi connectivity index (χ0n) is 23.1.